The highest BCUT2D eigenvalue weighted by Gasteiger charge is 2.35. The van der Waals surface area contributed by atoms with E-state index in [0.717, 1.165) is 11.1 Å². The Labute approximate surface area is 188 Å². The first-order valence-electron chi connectivity index (χ1n) is 10.6. The largest absolute Gasteiger partial charge is 0.324 e. The molecule has 170 valence electrons. The van der Waals surface area contributed by atoms with E-state index in [1.165, 1.54) is 6.20 Å². The molecule has 1 aliphatic rings. The van der Waals surface area contributed by atoms with Crippen molar-refractivity contribution in [1.29, 1.82) is 0 Å². The topological polar surface area (TPSA) is 88.6 Å². The van der Waals surface area contributed by atoms with Crippen molar-refractivity contribution < 1.29 is 18.1 Å². The van der Waals surface area contributed by atoms with Gasteiger partial charge in [0.15, 0.2) is 0 Å². The molecule has 0 unspecified atom stereocenters. The lowest BCUT2D eigenvalue weighted by molar-refractivity contribution is -0.0227. The van der Waals surface area contributed by atoms with Crippen molar-refractivity contribution in [1.82, 2.24) is 19.5 Å². The fraction of sp³-hybridized carbons (Fsp3) is 0.304. The van der Waals surface area contributed by atoms with E-state index in [1.807, 2.05) is 44.3 Å². The molecule has 33 heavy (non-hydrogen) atoms. The zero-order chi connectivity index (χ0) is 23.2. The van der Waals surface area contributed by atoms with Crippen molar-refractivity contribution in [2.24, 2.45) is 0 Å². The fourth-order valence-electron chi connectivity index (χ4n) is 3.82. The Hall–Kier alpha value is -3.82. The van der Waals surface area contributed by atoms with Gasteiger partial charge in [0.25, 0.3) is 11.8 Å². The zero-order valence-corrected chi connectivity index (χ0v) is 18.2. The Morgan fingerprint density at radius 2 is 1.94 bits per heavy atom. The summed E-state index contributed by atoms with van der Waals surface area (Å²) < 4.78 is 33.9. The van der Waals surface area contributed by atoms with E-state index in [1.54, 1.807) is 15.4 Å². The first-order valence-corrected chi connectivity index (χ1v) is 10.6. The number of aromatic nitrogens is 4. The predicted octanol–water partition coefficient (Wildman–Crippen LogP) is 4.49. The van der Waals surface area contributed by atoms with E-state index in [9.17, 15) is 13.6 Å². The van der Waals surface area contributed by atoms with Gasteiger partial charge in [-0.25, -0.2) is 13.8 Å². The third-order valence-corrected chi connectivity index (χ3v) is 5.83. The number of amides is 1. The Kier molecular flexibility index (Phi) is 5.07. The third-order valence-electron chi connectivity index (χ3n) is 5.83. The summed E-state index contributed by atoms with van der Waals surface area (Å²) in [5.41, 5.74) is 4.27. The van der Waals surface area contributed by atoms with Crippen LogP contribution < -0.4 is 10.2 Å². The van der Waals surface area contributed by atoms with Crippen molar-refractivity contribution in [3.05, 3.63) is 59.5 Å². The molecule has 1 aliphatic heterocycles. The lowest BCUT2D eigenvalue weighted by atomic mass is 10.1. The average Bonchev–Trinajstić information content (AvgIpc) is 3.42. The first-order chi connectivity index (χ1) is 15.8. The van der Waals surface area contributed by atoms with Gasteiger partial charge in [-0.15, -0.1) is 0 Å². The molecule has 1 amide bonds. The standard InChI is InChI=1S/C23H22F2N6O2/c1-14-5-8-31-18(13-26-19(31)11-14)21(32)27-17-12-16(4-3-15(17)2)20-28-22(33-29-20)30-9-6-23(24,25)7-10-30/h3-5,8,11-13H,6-7,9-10H2,1-2H3,(H,27,32). The highest BCUT2D eigenvalue weighted by atomic mass is 19.3. The van der Waals surface area contributed by atoms with E-state index in [2.05, 4.69) is 20.4 Å². The van der Waals surface area contributed by atoms with Gasteiger partial charge in [0.05, 0.1) is 6.20 Å². The van der Waals surface area contributed by atoms with E-state index >= 15 is 0 Å². The van der Waals surface area contributed by atoms with Crippen LogP contribution >= 0.6 is 0 Å². The van der Waals surface area contributed by atoms with Crippen molar-refractivity contribution in [2.45, 2.75) is 32.6 Å². The number of aryl methyl sites for hydroxylation is 2. The number of carbonyl (C=O) groups is 1. The quantitative estimate of drug-likeness (QED) is 0.491. The Morgan fingerprint density at radius 1 is 1.15 bits per heavy atom. The molecular formula is C23H22F2N6O2. The molecule has 1 aromatic carbocycles. The maximum Gasteiger partial charge on any atom is 0.324 e. The number of rotatable bonds is 4. The number of carbonyl (C=O) groups excluding carboxylic acids is 1. The summed E-state index contributed by atoms with van der Waals surface area (Å²) in [6.45, 7) is 4.16. The smallest absolute Gasteiger partial charge is 0.324 e. The number of fused-ring (bicyclic) bond motifs is 1. The molecule has 0 saturated carbocycles. The monoisotopic (exact) mass is 452 g/mol. The molecule has 0 aliphatic carbocycles. The maximum atomic E-state index is 13.4. The molecule has 1 N–H and O–H groups in total. The molecular weight excluding hydrogens is 430 g/mol. The minimum atomic E-state index is -2.65. The van der Waals surface area contributed by atoms with Crippen LogP contribution in [0.5, 0.6) is 0 Å². The molecule has 8 nitrogen and oxygen atoms in total. The molecule has 1 saturated heterocycles. The average molecular weight is 452 g/mol. The Morgan fingerprint density at radius 3 is 2.73 bits per heavy atom. The minimum Gasteiger partial charge on any atom is -0.324 e. The van der Waals surface area contributed by atoms with Crippen LogP contribution in [0.2, 0.25) is 0 Å². The minimum absolute atomic E-state index is 0.155. The number of nitrogens with one attached hydrogen (secondary N) is 1. The molecule has 3 aromatic heterocycles. The number of nitrogens with zero attached hydrogens (tertiary/aromatic N) is 5. The molecule has 4 aromatic rings. The number of benzene rings is 1. The summed E-state index contributed by atoms with van der Waals surface area (Å²) in [4.78, 5) is 23.3. The van der Waals surface area contributed by atoms with Crippen LogP contribution in [-0.2, 0) is 0 Å². The SMILES string of the molecule is Cc1ccn2c(C(=O)Nc3cc(-c4noc(N5CCC(F)(F)CC5)n4)ccc3C)cnc2c1. The summed E-state index contributed by atoms with van der Waals surface area (Å²) >= 11 is 0. The van der Waals surface area contributed by atoms with Gasteiger partial charge in [-0.2, -0.15) is 4.98 Å². The molecule has 5 rings (SSSR count). The van der Waals surface area contributed by atoms with E-state index < -0.39 is 5.92 Å². The van der Waals surface area contributed by atoms with Crippen LogP contribution in [0.1, 0.15) is 34.5 Å². The van der Waals surface area contributed by atoms with Gasteiger partial charge >= 0.3 is 6.01 Å². The number of imidazole rings is 1. The molecule has 0 atom stereocenters. The Bertz CT molecular complexity index is 1340. The first kappa shape index (κ1) is 21.0. The van der Waals surface area contributed by atoms with Crippen LogP contribution in [-0.4, -0.2) is 44.4 Å². The number of hydrogen-bond donors (Lipinski definition) is 1. The summed E-state index contributed by atoms with van der Waals surface area (Å²) in [5.74, 6) is -2.62. The molecule has 10 heteroatoms. The number of halogens is 2. The van der Waals surface area contributed by atoms with Gasteiger partial charge in [0.1, 0.15) is 11.3 Å². The number of anilines is 2. The van der Waals surface area contributed by atoms with Crippen molar-refractivity contribution in [3.63, 3.8) is 0 Å². The lowest BCUT2D eigenvalue weighted by Gasteiger charge is -2.29. The maximum absolute atomic E-state index is 13.4. The molecule has 1 fully saturated rings. The molecule has 0 bridgehead atoms. The summed E-state index contributed by atoms with van der Waals surface area (Å²) in [6, 6.07) is 9.46. The molecule has 0 radical (unpaired) electrons. The second-order valence-electron chi connectivity index (χ2n) is 8.30. The number of pyridine rings is 1. The fourth-order valence-corrected chi connectivity index (χ4v) is 3.82. The lowest BCUT2D eigenvalue weighted by Crippen LogP contribution is -2.39. The van der Waals surface area contributed by atoms with Gasteiger partial charge < -0.3 is 14.7 Å². The van der Waals surface area contributed by atoms with Crippen LogP contribution in [0.4, 0.5) is 20.5 Å². The predicted molar refractivity (Wildman–Crippen MR) is 119 cm³/mol. The van der Waals surface area contributed by atoms with Gasteiger partial charge in [0, 0.05) is 43.4 Å². The van der Waals surface area contributed by atoms with Crippen LogP contribution in [0.15, 0.2) is 47.2 Å². The summed E-state index contributed by atoms with van der Waals surface area (Å²) in [5, 5.41) is 6.93. The van der Waals surface area contributed by atoms with Crippen LogP contribution in [0, 0.1) is 13.8 Å². The van der Waals surface area contributed by atoms with E-state index in [-0.39, 0.29) is 37.9 Å². The summed E-state index contributed by atoms with van der Waals surface area (Å²) in [6.07, 6.45) is 2.87. The summed E-state index contributed by atoms with van der Waals surface area (Å²) in [7, 11) is 0. The van der Waals surface area contributed by atoms with E-state index in [4.69, 9.17) is 4.52 Å². The highest BCUT2D eigenvalue weighted by molar-refractivity contribution is 6.04. The molecule has 4 heterocycles. The van der Waals surface area contributed by atoms with Crippen LogP contribution in [0.25, 0.3) is 17.0 Å². The van der Waals surface area contributed by atoms with Crippen LogP contribution in [0.3, 0.4) is 0 Å². The zero-order valence-electron chi connectivity index (χ0n) is 18.2. The van der Waals surface area contributed by atoms with Crippen molar-refractivity contribution in [2.75, 3.05) is 23.3 Å². The number of hydrogen-bond acceptors (Lipinski definition) is 6. The highest BCUT2D eigenvalue weighted by Crippen LogP contribution is 2.31. The number of piperidine rings is 1. The number of alkyl halides is 2. The normalized spacial score (nSPS) is 15.7. The van der Waals surface area contributed by atoms with Gasteiger partial charge in [-0.3, -0.25) is 9.20 Å². The Balaban J connectivity index is 1.36. The van der Waals surface area contributed by atoms with E-state index in [0.29, 0.717) is 28.4 Å². The second-order valence-corrected chi connectivity index (χ2v) is 8.30. The van der Waals surface area contributed by atoms with Crippen molar-refractivity contribution in [3.8, 4) is 11.4 Å². The van der Waals surface area contributed by atoms with Gasteiger partial charge in [-0.1, -0.05) is 17.3 Å². The molecule has 0 spiro atoms. The van der Waals surface area contributed by atoms with Crippen molar-refractivity contribution >= 4 is 23.3 Å². The third kappa shape index (κ3) is 4.15. The second kappa shape index (κ2) is 7.95. The van der Waals surface area contributed by atoms with Gasteiger partial charge in [0.2, 0.25) is 5.82 Å². The van der Waals surface area contributed by atoms with Gasteiger partial charge in [-0.05, 0) is 43.2 Å².